The van der Waals surface area contributed by atoms with Gasteiger partial charge in [0.25, 0.3) is 0 Å². The Morgan fingerprint density at radius 3 is 2.53 bits per heavy atom. The van der Waals surface area contributed by atoms with Crippen LogP contribution >= 0.6 is 11.6 Å². The highest BCUT2D eigenvalue weighted by molar-refractivity contribution is 6.31. The largest absolute Gasteiger partial charge is 0.478 e. The molecule has 0 aromatic heterocycles. The van der Waals surface area contributed by atoms with Crippen molar-refractivity contribution >= 4 is 17.6 Å². The Hall–Kier alpha value is -1.06. The quantitative estimate of drug-likeness (QED) is 0.919. The van der Waals surface area contributed by atoms with Gasteiger partial charge in [-0.25, -0.2) is 4.79 Å². The van der Waals surface area contributed by atoms with E-state index in [4.69, 9.17) is 16.7 Å². The van der Waals surface area contributed by atoms with Crippen LogP contribution in [-0.2, 0) is 6.54 Å². The third-order valence-electron chi connectivity index (χ3n) is 3.90. The Morgan fingerprint density at radius 1 is 1.37 bits per heavy atom. The molecule has 1 N–H and O–H groups in total. The Kier molecular flexibility index (Phi) is 4.16. The van der Waals surface area contributed by atoms with Crippen LogP contribution in [0.25, 0.3) is 0 Å². The first-order valence-corrected chi connectivity index (χ1v) is 6.99. The van der Waals surface area contributed by atoms with E-state index < -0.39 is 5.97 Å². The van der Waals surface area contributed by atoms with E-state index in [0.29, 0.717) is 10.4 Å². The summed E-state index contributed by atoms with van der Waals surface area (Å²) < 4.78 is 0. The highest BCUT2D eigenvalue weighted by Gasteiger charge is 2.25. The molecule has 4 heteroatoms. The molecule has 0 spiro atoms. The van der Waals surface area contributed by atoms with Gasteiger partial charge < -0.3 is 5.11 Å². The molecule has 1 aromatic carbocycles. The van der Waals surface area contributed by atoms with Crippen molar-refractivity contribution in [2.75, 3.05) is 13.1 Å². The van der Waals surface area contributed by atoms with Crippen molar-refractivity contribution in [1.29, 1.82) is 0 Å². The minimum Gasteiger partial charge on any atom is -0.478 e. The maximum atomic E-state index is 10.9. The third kappa shape index (κ3) is 3.71. The summed E-state index contributed by atoms with van der Waals surface area (Å²) in [6.45, 7) is 7.56. The summed E-state index contributed by atoms with van der Waals surface area (Å²) in [5.41, 5.74) is 1.69. The van der Waals surface area contributed by atoms with E-state index in [9.17, 15) is 4.79 Å². The number of carboxylic acids is 1. The summed E-state index contributed by atoms with van der Waals surface area (Å²) in [7, 11) is 0. The predicted octanol–water partition coefficient (Wildman–Crippen LogP) is 3.66. The molecule has 0 bridgehead atoms. The molecule has 104 valence electrons. The van der Waals surface area contributed by atoms with Crippen molar-refractivity contribution in [1.82, 2.24) is 4.90 Å². The lowest BCUT2D eigenvalue weighted by molar-refractivity contribution is 0.0697. The van der Waals surface area contributed by atoms with Gasteiger partial charge in [-0.1, -0.05) is 31.5 Å². The van der Waals surface area contributed by atoms with Crippen LogP contribution in [0.4, 0.5) is 0 Å². The number of aromatic carboxylic acids is 1. The fourth-order valence-electron chi connectivity index (χ4n) is 2.37. The number of rotatable bonds is 3. The SMILES string of the molecule is CC1(C)CCN(Cc2ccc(C(=O)O)cc2Cl)CC1. The highest BCUT2D eigenvalue weighted by Crippen LogP contribution is 2.31. The van der Waals surface area contributed by atoms with Crippen LogP contribution in [-0.4, -0.2) is 29.1 Å². The molecule has 1 aliphatic heterocycles. The smallest absolute Gasteiger partial charge is 0.335 e. The predicted molar refractivity (Wildman–Crippen MR) is 76.7 cm³/mol. The summed E-state index contributed by atoms with van der Waals surface area (Å²) in [4.78, 5) is 13.2. The Labute approximate surface area is 119 Å². The average Bonchev–Trinajstić information content (AvgIpc) is 2.34. The summed E-state index contributed by atoms with van der Waals surface area (Å²) in [5.74, 6) is -0.937. The molecule has 2 rings (SSSR count). The molecular weight excluding hydrogens is 262 g/mol. The van der Waals surface area contributed by atoms with Gasteiger partial charge >= 0.3 is 5.97 Å². The third-order valence-corrected chi connectivity index (χ3v) is 4.26. The normalized spacial score (nSPS) is 19.3. The molecule has 0 aliphatic carbocycles. The van der Waals surface area contributed by atoms with Crippen molar-refractivity contribution in [3.8, 4) is 0 Å². The number of carboxylic acid groups (broad SMARTS) is 1. The molecule has 0 atom stereocenters. The number of hydrogen-bond donors (Lipinski definition) is 1. The first-order valence-electron chi connectivity index (χ1n) is 6.61. The number of halogens is 1. The second-order valence-corrected chi connectivity index (χ2v) is 6.46. The van der Waals surface area contributed by atoms with Gasteiger partial charge in [-0.05, 0) is 49.0 Å². The second-order valence-electron chi connectivity index (χ2n) is 6.05. The Bertz CT molecular complexity index is 475. The van der Waals surface area contributed by atoms with Crippen LogP contribution in [0, 0.1) is 5.41 Å². The van der Waals surface area contributed by atoms with E-state index in [1.165, 1.54) is 18.9 Å². The summed E-state index contributed by atoms with van der Waals surface area (Å²) >= 11 is 6.16. The van der Waals surface area contributed by atoms with Crippen molar-refractivity contribution in [2.45, 2.75) is 33.2 Å². The monoisotopic (exact) mass is 281 g/mol. The van der Waals surface area contributed by atoms with Crippen LogP contribution in [0.5, 0.6) is 0 Å². The molecule has 1 saturated heterocycles. The van der Waals surface area contributed by atoms with Gasteiger partial charge in [0.2, 0.25) is 0 Å². The van der Waals surface area contributed by atoms with Gasteiger partial charge in [-0.2, -0.15) is 0 Å². The van der Waals surface area contributed by atoms with Crippen molar-refractivity contribution in [2.24, 2.45) is 5.41 Å². The van der Waals surface area contributed by atoms with E-state index in [1.807, 2.05) is 6.07 Å². The zero-order valence-corrected chi connectivity index (χ0v) is 12.2. The molecule has 1 aromatic rings. The summed E-state index contributed by atoms with van der Waals surface area (Å²) in [6.07, 6.45) is 2.38. The van der Waals surface area contributed by atoms with Crippen molar-refractivity contribution in [3.05, 3.63) is 34.3 Å². The van der Waals surface area contributed by atoms with Gasteiger partial charge in [-0.15, -0.1) is 0 Å². The number of carbonyl (C=O) groups is 1. The van der Waals surface area contributed by atoms with Gasteiger partial charge in [0, 0.05) is 11.6 Å². The van der Waals surface area contributed by atoms with Crippen LogP contribution in [0.15, 0.2) is 18.2 Å². The van der Waals surface area contributed by atoms with Gasteiger partial charge in [0.1, 0.15) is 0 Å². The van der Waals surface area contributed by atoms with Crippen LogP contribution in [0.1, 0.15) is 42.6 Å². The van der Waals surface area contributed by atoms with Crippen molar-refractivity contribution < 1.29 is 9.90 Å². The molecule has 0 saturated carbocycles. The summed E-state index contributed by atoms with van der Waals surface area (Å²) in [6, 6.07) is 4.98. The Morgan fingerprint density at radius 2 is 2.00 bits per heavy atom. The lowest BCUT2D eigenvalue weighted by Crippen LogP contribution is -2.36. The molecule has 0 unspecified atom stereocenters. The van der Waals surface area contributed by atoms with Crippen LogP contribution in [0.3, 0.4) is 0 Å². The number of piperidine rings is 1. The zero-order chi connectivity index (χ0) is 14.0. The van der Waals surface area contributed by atoms with E-state index >= 15 is 0 Å². The van der Waals surface area contributed by atoms with E-state index in [2.05, 4.69) is 18.7 Å². The first-order chi connectivity index (χ1) is 8.87. The molecule has 19 heavy (non-hydrogen) atoms. The maximum Gasteiger partial charge on any atom is 0.335 e. The Balaban J connectivity index is 2.02. The lowest BCUT2D eigenvalue weighted by atomic mass is 9.82. The fraction of sp³-hybridized carbons (Fsp3) is 0.533. The number of nitrogens with zero attached hydrogens (tertiary/aromatic N) is 1. The topological polar surface area (TPSA) is 40.5 Å². The molecular formula is C15H20ClNO2. The molecule has 1 fully saturated rings. The number of benzene rings is 1. The average molecular weight is 282 g/mol. The lowest BCUT2D eigenvalue weighted by Gasteiger charge is -2.37. The van der Waals surface area contributed by atoms with Crippen LogP contribution in [0.2, 0.25) is 5.02 Å². The van der Waals surface area contributed by atoms with Crippen molar-refractivity contribution in [3.63, 3.8) is 0 Å². The first kappa shape index (κ1) is 14.4. The molecule has 0 radical (unpaired) electrons. The highest BCUT2D eigenvalue weighted by atomic mass is 35.5. The van der Waals surface area contributed by atoms with Gasteiger partial charge in [0.15, 0.2) is 0 Å². The molecule has 0 amide bonds. The number of hydrogen-bond acceptors (Lipinski definition) is 2. The number of likely N-dealkylation sites (tertiary alicyclic amines) is 1. The minimum atomic E-state index is -0.937. The standard InChI is InChI=1S/C15H20ClNO2/c1-15(2)5-7-17(8-6-15)10-12-4-3-11(14(18)19)9-13(12)16/h3-4,9H,5-8,10H2,1-2H3,(H,18,19). The van der Waals surface area contributed by atoms with E-state index in [-0.39, 0.29) is 5.56 Å². The van der Waals surface area contributed by atoms with Gasteiger partial charge in [0.05, 0.1) is 5.56 Å². The van der Waals surface area contributed by atoms with E-state index in [1.54, 1.807) is 6.07 Å². The molecule has 1 aliphatic rings. The minimum absolute atomic E-state index is 0.244. The van der Waals surface area contributed by atoms with Crippen LogP contribution < -0.4 is 0 Å². The maximum absolute atomic E-state index is 10.9. The second kappa shape index (κ2) is 5.51. The fourth-order valence-corrected chi connectivity index (χ4v) is 2.61. The zero-order valence-electron chi connectivity index (χ0n) is 11.4. The molecule has 3 nitrogen and oxygen atoms in total. The van der Waals surface area contributed by atoms with E-state index in [0.717, 1.165) is 25.2 Å². The molecule has 1 heterocycles. The van der Waals surface area contributed by atoms with Gasteiger partial charge in [-0.3, -0.25) is 4.90 Å². The summed E-state index contributed by atoms with van der Waals surface area (Å²) in [5, 5.41) is 9.46.